The standard InChI is InChI=1S/C7H15NO/c8-5-4-6-2-1-3-7(6)9/h6-7,9H,1-5,8H2. The van der Waals surface area contributed by atoms with Gasteiger partial charge in [0.25, 0.3) is 0 Å². The molecule has 0 bridgehead atoms. The van der Waals surface area contributed by atoms with E-state index in [2.05, 4.69) is 0 Å². The van der Waals surface area contributed by atoms with Crippen LogP contribution in [0, 0.1) is 5.92 Å². The Balaban J connectivity index is 2.22. The molecule has 1 saturated carbocycles. The van der Waals surface area contributed by atoms with E-state index in [1.165, 1.54) is 12.8 Å². The minimum Gasteiger partial charge on any atom is -0.393 e. The van der Waals surface area contributed by atoms with E-state index >= 15 is 0 Å². The van der Waals surface area contributed by atoms with Crippen molar-refractivity contribution in [2.75, 3.05) is 6.54 Å². The molecule has 0 spiro atoms. The van der Waals surface area contributed by atoms with Crippen molar-refractivity contribution in [1.82, 2.24) is 0 Å². The molecule has 9 heavy (non-hydrogen) atoms. The van der Waals surface area contributed by atoms with Crippen molar-refractivity contribution in [3.8, 4) is 0 Å². The minimum absolute atomic E-state index is 0.0476. The fourth-order valence-electron chi connectivity index (χ4n) is 1.57. The highest BCUT2D eigenvalue weighted by molar-refractivity contribution is 4.76. The summed E-state index contributed by atoms with van der Waals surface area (Å²) >= 11 is 0. The Morgan fingerprint density at radius 2 is 2.22 bits per heavy atom. The molecule has 3 N–H and O–H groups in total. The minimum atomic E-state index is -0.0476. The average molecular weight is 129 g/mol. The quantitative estimate of drug-likeness (QED) is 0.570. The molecule has 0 aromatic heterocycles. The van der Waals surface area contributed by atoms with Crippen LogP contribution in [0.4, 0.5) is 0 Å². The zero-order chi connectivity index (χ0) is 6.69. The summed E-state index contributed by atoms with van der Waals surface area (Å²) < 4.78 is 0. The summed E-state index contributed by atoms with van der Waals surface area (Å²) in [6.45, 7) is 0.724. The third-order valence-electron chi connectivity index (χ3n) is 2.16. The summed E-state index contributed by atoms with van der Waals surface area (Å²) in [4.78, 5) is 0. The van der Waals surface area contributed by atoms with Crippen molar-refractivity contribution in [2.24, 2.45) is 11.7 Å². The summed E-state index contributed by atoms with van der Waals surface area (Å²) in [6.07, 6.45) is 4.31. The number of aliphatic hydroxyl groups excluding tert-OH is 1. The van der Waals surface area contributed by atoms with Crippen molar-refractivity contribution in [3.63, 3.8) is 0 Å². The fourth-order valence-corrected chi connectivity index (χ4v) is 1.57. The van der Waals surface area contributed by atoms with E-state index in [9.17, 15) is 5.11 Å². The Morgan fingerprint density at radius 1 is 1.44 bits per heavy atom. The first-order valence-electron chi connectivity index (χ1n) is 3.72. The molecule has 2 unspecified atom stereocenters. The predicted molar refractivity (Wildman–Crippen MR) is 37.0 cm³/mol. The van der Waals surface area contributed by atoms with Crippen molar-refractivity contribution in [2.45, 2.75) is 31.8 Å². The molecule has 1 aliphatic rings. The summed E-state index contributed by atoms with van der Waals surface area (Å²) in [5.74, 6) is 0.509. The molecular formula is C7H15NO. The number of aliphatic hydroxyl groups is 1. The van der Waals surface area contributed by atoms with Gasteiger partial charge >= 0.3 is 0 Å². The third-order valence-corrected chi connectivity index (χ3v) is 2.16. The van der Waals surface area contributed by atoms with Gasteiger partial charge in [-0.1, -0.05) is 6.42 Å². The molecule has 2 atom stereocenters. The van der Waals surface area contributed by atoms with Crippen LogP contribution in [0.1, 0.15) is 25.7 Å². The van der Waals surface area contributed by atoms with Crippen LogP contribution in [0.15, 0.2) is 0 Å². The lowest BCUT2D eigenvalue weighted by Crippen LogP contribution is -2.16. The third kappa shape index (κ3) is 1.66. The molecule has 0 radical (unpaired) electrons. The molecule has 1 aliphatic carbocycles. The molecule has 0 aromatic carbocycles. The highest BCUT2D eigenvalue weighted by Crippen LogP contribution is 2.27. The van der Waals surface area contributed by atoms with Crippen LogP contribution < -0.4 is 5.73 Å². The lowest BCUT2D eigenvalue weighted by molar-refractivity contribution is 0.129. The Kier molecular flexibility index (Phi) is 2.49. The van der Waals surface area contributed by atoms with Gasteiger partial charge in [0.1, 0.15) is 0 Å². The zero-order valence-corrected chi connectivity index (χ0v) is 5.71. The number of hydrogen-bond donors (Lipinski definition) is 2. The predicted octanol–water partition coefficient (Wildman–Crippen LogP) is 0.496. The van der Waals surface area contributed by atoms with Gasteiger partial charge in [-0.2, -0.15) is 0 Å². The van der Waals surface area contributed by atoms with Crippen LogP contribution in [0.3, 0.4) is 0 Å². The van der Waals surface area contributed by atoms with Crippen LogP contribution in [0.25, 0.3) is 0 Å². The Hall–Kier alpha value is -0.0800. The topological polar surface area (TPSA) is 46.2 Å². The first-order chi connectivity index (χ1) is 4.34. The highest BCUT2D eigenvalue weighted by Gasteiger charge is 2.23. The smallest absolute Gasteiger partial charge is 0.0568 e. The van der Waals surface area contributed by atoms with Crippen molar-refractivity contribution < 1.29 is 5.11 Å². The SMILES string of the molecule is NCCC1CCCC1O. The number of hydrogen-bond acceptors (Lipinski definition) is 2. The van der Waals surface area contributed by atoms with Gasteiger partial charge in [-0.05, 0) is 31.7 Å². The summed E-state index contributed by atoms with van der Waals surface area (Å²) in [5.41, 5.74) is 5.36. The van der Waals surface area contributed by atoms with Gasteiger partial charge in [-0.25, -0.2) is 0 Å². The number of rotatable bonds is 2. The van der Waals surface area contributed by atoms with E-state index in [-0.39, 0.29) is 6.10 Å². The Bertz CT molecular complexity index is 85.0. The van der Waals surface area contributed by atoms with Gasteiger partial charge in [0.15, 0.2) is 0 Å². The van der Waals surface area contributed by atoms with Crippen molar-refractivity contribution in [1.29, 1.82) is 0 Å². The van der Waals surface area contributed by atoms with E-state index in [4.69, 9.17) is 5.73 Å². The second-order valence-corrected chi connectivity index (χ2v) is 2.84. The van der Waals surface area contributed by atoms with Crippen LogP contribution in [0.5, 0.6) is 0 Å². The lowest BCUT2D eigenvalue weighted by Gasteiger charge is -2.11. The molecule has 1 fully saturated rings. The molecular weight excluding hydrogens is 114 g/mol. The second-order valence-electron chi connectivity index (χ2n) is 2.84. The Morgan fingerprint density at radius 3 is 2.67 bits per heavy atom. The monoisotopic (exact) mass is 129 g/mol. The van der Waals surface area contributed by atoms with Crippen molar-refractivity contribution >= 4 is 0 Å². The summed E-state index contributed by atoms with van der Waals surface area (Å²) in [5, 5.41) is 9.26. The van der Waals surface area contributed by atoms with Crippen LogP contribution in [-0.4, -0.2) is 17.8 Å². The Labute approximate surface area is 56.1 Å². The summed E-state index contributed by atoms with van der Waals surface area (Å²) in [6, 6.07) is 0. The summed E-state index contributed by atoms with van der Waals surface area (Å²) in [7, 11) is 0. The zero-order valence-electron chi connectivity index (χ0n) is 5.71. The van der Waals surface area contributed by atoms with Gasteiger partial charge in [0.05, 0.1) is 6.10 Å². The average Bonchev–Trinajstić information content (AvgIpc) is 2.18. The van der Waals surface area contributed by atoms with Crippen LogP contribution >= 0.6 is 0 Å². The second kappa shape index (κ2) is 3.18. The van der Waals surface area contributed by atoms with Crippen molar-refractivity contribution in [3.05, 3.63) is 0 Å². The molecule has 1 rings (SSSR count). The van der Waals surface area contributed by atoms with E-state index in [0.29, 0.717) is 5.92 Å². The molecule has 0 aromatic rings. The van der Waals surface area contributed by atoms with Crippen LogP contribution in [0.2, 0.25) is 0 Å². The first-order valence-corrected chi connectivity index (χ1v) is 3.72. The molecule has 2 heteroatoms. The van der Waals surface area contributed by atoms with E-state index in [1.54, 1.807) is 0 Å². The molecule has 0 aliphatic heterocycles. The number of nitrogens with two attached hydrogens (primary N) is 1. The first kappa shape index (κ1) is 7.03. The van der Waals surface area contributed by atoms with E-state index < -0.39 is 0 Å². The maximum Gasteiger partial charge on any atom is 0.0568 e. The molecule has 2 nitrogen and oxygen atoms in total. The van der Waals surface area contributed by atoms with Crippen LogP contribution in [-0.2, 0) is 0 Å². The van der Waals surface area contributed by atoms with E-state index in [1.807, 2.05) is 0 Å². The highest BCUT2D eigenvalue weighted by atomic mass is 16.3. The molecule has 0 heterocycles. The van der Waals surface area contributed by atoms with Gasteiger partial charge in [-0.15, -0.1) is 0 Å². The molecule has 0 saturated heterocycles. The van der Waals surface area contributed by atoms with Gasteiger partial charge < -0.3 is 10.8 Å². The lowest BCUT2D eigenvalue weighted by atomic mass is 10.0. The largest absolute Gasteiger partial charge is 0.393 e. The molecule has 0 amide bonds. The normalized spacial score (nSPS) is 35.3. The van der Waals surface area contributed by atoms with E-state index in [0.717, 1.165) is 19.4 Å². The molecule has 54 valence electrons. The fraction of sp³-hybridized carbons (Fsp3) is 1.00. The van der Waals surface area contributed by atoms with Gasteiger partial charge in [-0.3, -0.25) is 0 Å². The van der Waals surface area contributed by atoms with Gasteiger partial charge in [0.2, 0.25) is 0 Å². The maximum atomic E-state index is 9.26. The van der Waals surface area contributed by atoms with Gasteiger partial charge in [0, 0.05) is 0 Å². The maximum absolute atomic E-state index is 9.26.